The Balaban J connectivity index is 1.90. The Labute approximate surface area is 112 Å². The molecule has 2 heterocycles. The zero-order valence-corrected chi connectivity index (χ0v) is 11.3. The highest BCUT2D eigenvalue weighted by atomic mass is 16.5. The second-order valence-corrected chi connectivity index (χ2v) is 4.92. The molecule has 0 spiro atoms. The summed E-state index contributed by atoms with van der Waals surface area (Å²) in [5.74, 6) is 0.650. The maximum absolute atomic E-state index is 5.42. The molecular weight excluding hydrogens is 242 g/mol. The van der Waals surface area contributed by atoms with E-state index in [1.54, 1.807) is 7.11 Å². The van der Waals surface area contributed by atoms with Crippen molar-refractivity contribution in [3.8, 4) is 5.88 Å². The van der Waals surface area contributed by atoms with E-state index in [0.29, 0.717) is 11.9 Å². The molecule has 0 unspecified atom stereocenters. The molecule has 0 amide bonds. The van der Waals surface area contributed by atoms with Crippen molar-refractivity contribution in [3.05, 3.63) is 18.2 Å². The lowest BCUT2D eigenvalue weighted by atomic mass is 10.1. The molecule has 0 radical (unpaired) electrons. The fourth-order valence-corrected chi connectivity index (χ4v) is 2.64. The summed E-state index contributed by atoms with van der Waals surface area (Å²) < 4.78 is 10.7. The number of rotatable bonds is 3. The second kappa shape index (κ2) is 5.09. The molecule has 5 heteroatoms. The van der Waals surface area contributed by atoms with Gasteiger partial charge in [-0.25, -0.2) is 0 Å². The van der Waals surface area contributed by atoms with Gasteiger partial charge in [-0.15, -0.1) is 5.10 Å². The second-order valence-electron chi connectivity index (χ2n) is 4.92. The first-order valence-electron chi connectivity index (χ1n) is 6.62. The Morgan fingerprint density at radius 3 is 2.89 bits per heavy atom. The average molecular weight is 261 g/mol. The first-order valence-corrected chi connectivity index (χ1v) is 6.62. The molecule has 0 saturated carbocycles. The summed E-state index contributed by atoms with van der Waals surface area (Å²) in [7, 11) is 3.79. The van der Waals surface area contributed by atoms with Crippen LogP contribution in [0.2, 0.25) is 0 Å². The van der Waals surface area contributed by atoms with Crippen molar-refractivity contribution in [1.29, 1.82) is 0 Å². The third-order valence-corrected chi connectivity index (χ3v) is 3.85. The van der Waals surface area contributed by atoms with Crippen molar-refractivity contribution < 1.29 is 9.47 Å². The minimum absolute atomic E-state index is 0.545. The fraction of sp³-hybridized carbons (Fsp3) is 0.500. The number of hydrogen-bond acceptors (Lipinski definition) is 4. The third-order valence-electron chi connectivity index (χ3n) is 3.85. The molecule has 0 aliphatic carbocycles. The maximum atomic E-state index is 5.42. The topological polar surface area (TPSA) is 50.4 Å². The number of H-pyrrole nitrogens is 1. The molecule has 1 aromatic carbocycles. The number of aromatic nitrogens is 2. The summed E-state index contributed by atoms with van der Waals surface area (Å²) >= 11 is 0. The van der Waals surface area contributed by atoms with Crippen LogP contribution in [0.4, 0.5) is 5.69 Å². The predicted molar refractivity (Wildman–Crippen MR) is 74.9 cm³/mol. The van der Waals surface area contributed by atoms with Gasteiger partial charge in [-0.3, -0.25) is 5.10 Å². The van der Waals surface area contributed by atoms with E-state index in [9.17, 15) is 0 Å². The highest BCUT2D eigenvalue weighted by Gasteiger charge is 2.19. The van der Waals surface area contributed by atoms with Crippen LogP contribution in [0.15, 0.2) is 18.2 Å². The van der Waals surface area contributed by atoms with Gasteiger partial charge in [-0.1, -0.05) is 0 Å². The van der Waals surface area contributed by atoms with Crippen LogP contribution < -0.4 is 9.64 Å². The summed E-state index contributed by atoms with van der Waals surface area (Å²) in [4.78, 5) is 2.33. The fourth-order valence-electron chi connectivity index (χ4n) is 2.64. The highest BCUT2D eigenvalue weighted by Crippen LogP contribution is 2.29. The minimum atomic E-state index is 0.545. The van der Waals surface area contributed by atoms with Gasteiger partial charge in [0.05, 0.1) is 18.0 Å². The number of aromatic amines is 1. The highest BCUT2D eigenvalue weighted by molar-refractivity contribution is 5.87. The molecule has 0 bridgehead atoms. The van der Waals surface area contributed by atoms with Gasteiger partial charge in [0.15, 0.2) is 0 Å². The van der Waals surface area contributed by atoms with Crippen molar-refractivity contribution in [2.24, 2.45) is 0 Å². The quantitative estimate of drug-likeness (QED) is 0.920. The van der Waals surface area contributed by atoms with Crippen LogP contribution in [-0.4, -0.2) is 43.6 Å². The summed E-state index contributed by atoms with van der Waals surface area (Å²) in [6.45, 7) is 1.71. The van der Waals surface area contributed by atoms with Gasteiger partial charge in [0.1, 0.15) is 0 Å². The Morgan fingerprint density at radius 1 is 1.37 bits per heavy atom. The number of ether oxygens (including phenoxy) is 2. The van der Waals surface area contributed by atoms with Gasteiger partial charge in [0.2, 0.25) is 5.88 Å². The number of anilines is 1. The predicted octanol–water partition coefficient (Wildman–Crippen LogP) is 2.19. The molecule has 1 aliphatic rings. The molecule has 3 rings (SSSR count). The number of methoxy groups -OCH3 is 1. The molecule has 0 atom stereocenters. The van der Waals surface area contributed by atoms with E-state index in [1.165, 1.54) is 5.69 Å². The third kappa shape index (κ3) is 2.26. The Bertz CT molecular complexity index is 561. The summed E-state index contributed by atoms with van der Waals surface area (Å²) in [5.41, 5.74) is 2.19. The van der Waals surface area contributed by atoms with Crippen LogP contribution in [0.1, 0.15) is 12.8 Å². The normalized spacial score (nSPS) is 16.7. The van der Waals surface area contributed by atoms with Crippen molar-refractivity contribution >= 4 is 16.6 Å². The molecule has 1 fully saturated rings. The first kappa shape index (κ1) is 12.3. The Morgan fingerprint density at radius 2 is 2.16 bits per heavy atom. The Kier molecular flexibility index (Phi) is 3.29. The van der Waals surface area contributed by atoms with E-state index in [4.69, 9.17) is 9.47 Å². The first-order chi connectivity index (χ1) is 9.29. The molecule has 1 N–H and O–H groups in total. The minimum Gasteiger partial charge on any atom is -0.480 e. The summed E-state index contributed by atoms with van der Waals surface area (Å²) in [6, 6.07) is 6.85. The van der Waals surface area contributed by atoms with Crippen molar-refractivity contribution in [1.82, 2.24) is 10.2 Å². The lowest BCUT2D eigenvalue weighted by Gasteiger charge is -2.33. The van der Waals surface area contributed by atoms with Crippen LogP contribution in [0.5, 0.6) is 5.88 Å². The van der Waals surface area contributed by atoms with E-state index >= 15 is 0 Å². The number of nitrogens with one attached hydrogen (secondary N) is 1. The van der Waals surface area contributed by atoms with E-state index in [0.717, 1.165) is 37.0 Å². The molecule has 19 heavy (non-hydrogen) atoms. The maximum Gasteiger partial charge on any atom is 0.240 e. The van der Waals surface area contributed by atoms with Crippen LogP contribution in [0.25, 0.3) is 10.9 Å². The van der Waals surface area contributed by atoms with Crippen LogP contribution in [0.3, 0.4) is 0 Å². The van der Waals surface area contributed by atoms with Crippen LogP contribution in [-0.2, 0) is 4.74 Å². The molecule has 102 valence electrons. The standard InChI is InChI=1S/C14H19N3O2/c1-17(10-5-7-19-8-6-10)11-3-4-13-12(9-11)14(18-2)16-15-13/h3-4,9-10H,5-8H2,1-2H3,(H,15,16). The molecule has 1 saturated heterocycles. The van der Waals surface area contributed by atoms with E-state index in [-0.39, 0.29) is 0 Å². The average Bonchev–Trinajstić information content (AvgIpc) is 2.89. The molecule has 1 aromatic heterocycles. The zero-order valence-electron chi connectivity index (χ0n) is 11.3. The number of nitrogens with zero attached hydrogens (tertiary/aromatic N) is 2. The number of hydrogen-bond donors (Lipinski definition) is 1. The summed E-state index contributed by atoms with van der Waals surface area (Å²) in [6.07, 6.45) is 2.16. The van der Waals surface area contributed by atoms with Crippen LogP contribution in [0, 0.1) is 0 Å². The van der Waals surface area contributed by atoms with E-state index in [1.807, 2.05) is 0 Å². The van der Waals surface area contributed by atoms with Crippen molar-refractivity contribution in [2.75, 3.05) is 32.3 Å². The van der Waals surface area contributed by atoms with Crippen molar-refractivity contribution in [2.45, 2.75) is 18.9 Å². The lowest BCUT2D eigenvalue weighted by molar-refractivity contribution is 0.0855. The van der Waals surface area contributed by atoms with Gasteiger partial charge >= 0.3 is 0 Å². The molecule has 5 nitrogen and oxygen atoms in total. The summed E-state index contributed by atoms with van der Waals surface area (Å²) in [5, 5.41) is 8.14. The van der Waals surface area contributed by atoms with E-state index < -0.39 is 0 Å². The van der Waals surface area contributed by atoms with Gasteiger partial charge in [0.25, 0.3) is 0 Å². The SMILES string of the molecule is COc1n[nH]c2ccc(N(C)C3CCOCC3)cc12. The zero-order chi connectivity index (χ0) is 13.2. The largest absolute Gasteiger partial charge is 0.480 e. The number of benzene rings is 1. The van der Waals surface area contributed by atoms with Crippen molar-refractivity contribution in [3.63, 3.8) is 0 Å². The van der Waals surface area contributed by atoms with Crippen LogP contribution >= 0.6 is 0 Å². The van der Waals surface area contributed by atoms with Gasteiger partial charge in [-0.05, 0) is 31.0 Å². The smallest absolute Gasteiger partial charge is 0.240 e. The molecular formula is C14H19N3O2. The van der Waals surface area contributed by atoms with Gasteiger partial charge in [0, 0.05) is 32.0 Å². The number of fused-ring (bicyclic) bond motifs is 1. The van der Waals surface area contributed by atoms with E-state index in [2.05, 4.69) is 40.3 Å². The van der Waals surface area contributed by atoms with Gasteiger partial charge in [-0.2, -0.15) is 0 Å². The Hall–Kier alpha value is -1.75. The monoisotopic (exact) mass is 261 g/mol. The van der Waals surface area contributed by atoms with Gasteiger partial charge < -0.3 is 14.4 Å². The molecule has 1 aliphatic heterocycles. The molecule has 2 aromatic rings. The lowest BCUT2D eigenvalue weighted by Crippen LogP contribution is -2.36.